The molecule has 0 aliphatic rings. The van der Waals surface area contributed by atoms with Gasteiger partial charge < -0.3 is 9.26 Å². The van der Waals surface area contributed by atoms with Crippen LogP contribution in [0.15, 0.2) is 30.3 Å². The summed E-state index contributed by atoms with van der Waals surface area (Å²) >= 11 is 0. The third-order valence-corrected chi connectivity index (χ3v) is 5.04. The van der Waals surface area contributed by atoms with E-state index in [1.54, 1.807) is 13.8 Å². The van der Waals surface area contributed by atoms with Crippen molar-refractivity contribution in [2.45, 2.75) is 26.1 Å². The molecule has 4 nitrogen and oxygen atoms in total. The largest absolute Gasteiger partial charge is 0.460 e. The standard InChI is InChI=1S/C13H19O4P/c1-4-17-18(3,15)11(2)13(14)16-10-12-8-6-5-7-9-12/h5-9,11H,4,10H2,1-3H3. The van der Waals surface area contributed by atoms with Gasteiger partial charge in [-0.15, -0.1) is 0 Å². The van der Waals surface area contributed by atoms with Crippen LogP contribution in [-0.4, -0.2) is 24.9 Å². The van der Waals surface area contributed by atoms with Crippen molar-refractivity contribution in [2.75, 3.05) is 13.3 Å². The molecule has 1 aromatic carbocycles. The van der Waals surface area contributed by atoms with Crippen LogP contribution in [0.25, 0.3) is 0 Å². The maximum absolute atomic E-state index is 12.0. The highest BCUT2D eigenvalue weighted by molar-refractivity contribution is 7.59. The van der Waals surface area contributed by atoms with Crippen LogP contribution in [0.5, 0.6) is 0 Å². The van der Waals surface area contributed by atoms with Crippen molar-refractivity contribution in [1.29, 1.82) is 0 Å². The van der Waals surface area contributed by atoms with Crippen LogP contribution in [-0.2, 0) is 25.2 Å². The quantitative estimate of drug-likeness (QED) is 0.589. The van der Waals surface area contributed by atoms with E-state index in [1.807, 2.05) is 30.3 Å². The molecule has 0 saturated carbocycles. The summed E-state index contributed by atoms with van der Waals surface area (Å²) in [4.78, 5) is 11.8. The highest BCUT2D eigenvalue weighted by Crippen LogP contribution is 2.48. The van der Waals surface area contributed by atoms with Gasteiger partial charge in [0.1, 0.15) is 12.3 Å². The van der Waals surface area contributed by atoms with E-state index in [4.69, 9.17) is 9.26 Å². The molecule has 100 valence electrons. The number of hydrogen-bond acceptors (Lipinski definition) is 4. The number of ether oxygens (including phenoxy) is 1. The van der Waals surface area contributed by atoms with Crippen molar-refractivity contribution in [3.8, 4) is 0 Å². The first-order chi connectivity index (χ1) is 8.47. The Hall–Kier alpha value is -1.12. The van der Waals surface area contributed by atoms with Gasteiger partial charge in [-0.25, -0.2) is 0 Å². The minimum atomic E-state index is -2.94. The Bertz CT molecular complexity index is 430. The SMILES string of the molecule is CCOP(C)(=O)C(C)C(=O)OCc1ccccc1. The first-order valence-corrected chi connectivity index (χ1v) is 8.03. The zero-order valence-corrected chi connectivity index (χ0v) is 11.9. The molecule has 0 saturated heterocycles. The molecule has 0 aliphatic carbocycles. The van der Waals surface area contributed by atoms with Crippen LogP contribution in [0, 0.1) is 0 Å². The van der Waals surface area contributed by atoms with E-state index in [1.165, 1.54) is 6.66 Å². The Kier molecular flexibility index (Phi) is 5.57. The molecule has 0 aromatic heterocycles. The van der Waals surface area contributed by atoms with E-state index < -0.39 is 19.0 Å². The fourth-order valence-corrected chi connectivity index (χ4v) is 2.60. The number of rotatable bonds is 6. The molecule has 2 atom stereocenters. The van der Waals surface area contributed by atoms with Gasteiger partial charge >= 0.3 is 5.97 Å². The van der Waals surface area contributed by atoms with E-state index in [2.05, 4.69) is 0 Å². The van der Waals surface area contributed by atoms with Gasteiger partial charge in [0.15, 0.2) is 0 Å². The van der Waals surface area contributed by atoms with Crippen LogP contribution in [0.4, 0.5) is 0 Å². The molecule has 0 radical (unpaired) electrons. The predicted octanol–water partition coefficient (Wildman–Crippen LogP) is 3.06. The zero-order chi connectivity index (χ0) is 13.6. The molecular formula is C13H19O4P. The monoisotopic (exact) mass is 270 g/mol. The van der Waals surface area contributed by atoms with Crippen molar-refractivity contribution in [3.05, 3.63) is 35.9 Å². The Morgan fingerprint density at radius 2 is 1.94 bits per heavy atom. The van der Waals surface area contributed by atoms with E-state index in [-0.39, 0.29) is 6.61 Å². The second-order valence-corrected chi connectivity index (χ2v) is 6.95. The molecule has 18 heavy (non-hydrogen) atoms. The highest BCUT2D eigenvalue weighted by Gasteiger charge is 2.32. The molecule has 1 aromatic rings. The Labute approximate surface area is 108 Å². The number of hydrogen-bond donors (Lipinski definition) is 0. The first-order valence-electron chi connectivity index (χ1n) is 5.89. The lowest BCUT2D eigenvalue weighted by Crippen LogP contribution is -2.21. The van der Waals surface area contributed by atoms with E-state index in [0.29, 0.717) is 6.61 Å². The van der Waals surface area contributed by atoms with Gasteiger partial charge in [0.05, 0.1) is 6.61 Å². The second-order valence-electron chi connectivity index (χ2n) is 4.10. The van der Waals surface area contributed by atoms with Gasteiger partial charge in [-0.1, -0.05) is 30.3 Å². The van der Waals surface area contributed by atoms with Gasteiger partial charge in [0.2, 0.25) is 7.37 Å². The van der Waals surface area contributed by atoms with Crippen LogP contribution in [0.1, 0.15) is 19.4 Å². The average molecular weight is 270 g/mol. The lowest BCUT2D eigenvalue weighted by Gasteiger charge is -2.19. The maximum atomic E-state index is 12.0. The van der Waals surface area contributed by atoms with Gasteiger partial charge in [0, 0.05) is 6.66 Å². The molecular weight excluding hydrogens is 251 g/mol. The van der Waals surface area contributed by atoms with Crippen molar-refractivity contribution < 1.29 is 18.6 Å². The summed E-state index contributed by atoms with van der Waals surface area (Å²) in [5.74, 6) is -0.488. The molecule has 0 aliphatic heterocycles. The molecule has 0 fully saturated rings. The normalized spacial score (nSPS) is 15.7. The number of carbonyl (C=O) groups is 1. The molecule has 2 unspecified atom stereocenters. The number of benzene rings is 1. The smallest absolute Gasteiger partial charge is 0.318 e. The van der Waals surface area contributed by atoms with Crippen molar-refractivity contribution >= 4 is 13.3 Å². The van der Waals surface area contributed by atoms with Crippen molar-refractivity contribution in [3.63, 3.8) is 0 Å². The summed E-state index contributed by atoms with van der Waals surface area (Å²) in [5.41, 5.74) is 0.168. The summed E-state index contributed by atoms with van der Waals surface area (Å²) in [6.07, 6.45) is 0. The fraction of sp³-hybridized carbons (Fsp3) is 0.462. The lowest BCUT2D eigenvalue weighted by atomic mass is 10.2. The number of esters is 1. The van der Waals surface area contributed by atoms with Crippen LogP contribution in [0.2, 0.25) is 0 Å². The Balaban J connectivity index is 2.53. The topological polar surface area (TPSA) is 52.6 Å². The van der Waals surface area contributed by atoms with Gasteiger partial charge in [-0.2, -0.15) is 0 Å². The molecule has 1 rings (SSSR count). The minimum Gasteiger partial charge on any atom is -0.460 e. The average Bonchev–Trinajstić information content (AvgIpc) is 2.36. The van der Waals surface area contributed by atoms with Gasteiger partial charge in [-0.05, 0) is 19.4 Å². The van der Waals surface area contributed by atoms with E-state index in [9.17, 15) is 9.36 Å². The fourth-order valence-electron chi connectivity index (χ4n) is 1.41. The van der Waals surface area contributed by atoms with Crippen LogP contribution in [0.3, 0.4) is 0 Å². The zero-order valence-electron chi connectivity index (χ0n) is 11.0. The minimum absolute atomic E-state index is 0.191. The summed E-state index contributed by atoms with van der Waals surface area (Å²) in [5, 5.41) is 0. The molecule has 0 amide bonds. The summed E-state index contributed by atoms with van der Waals surface area (Å²) < 4.78 is 22.3. The Morgan fingerprint density at radius 3 is 2.50 bits per heavy atom. The van der Waals surface area contributed by atoms with E-state index >= 15 is 0 Å². The third-order valence-electron chi connectivity index (χ3n) is 2.65. The lowest BCUT2D eigenvalue weighted by molar-refractivity contribution is -0.144. The van der Waals surface area contributed by atoms with Crippen LogP contribution >= 0.6 is 7.37 Å². The molecule has 0 bridgehead atoms. The number of carbonyl (C=O) groups excluding carboxylic acids is 1. The highest BCUT2D eigenvalue weighted by atomic mass is 31.2. The van der Waals surface area contributed by atoms with Gasteiger partial charge in [0.25, 0.3) is 0 Å². The molecule has 5 heteroatoms. The maximum Gasteiger partial charge on any atom is 0.318 e. The van der Waals surface area contributed by atoms with Gasteiger partial charge in [-0.3, -0.25) is 9.36 Å². The third kappa shape index (κ3) is 4.28. The summed E-state index contributed by atoms with van der Waals surface area (Å²) in [6.45, 7) is 5.30. The Morgan fingerprint density at radius 1 is 1.33 bits per heavy atom. The van der Waals surface area contributed by atoms with Crippen molar-refractivity contribution in [2.24, 2.45) is 0 Å². The van der Waals surface area contributed by atoms with Crippen molar-refractivity contribution in [1.82, 2.24) is 0 Å². The van der Waals surface area contributed by atoms with Crippen LogP contribution < -0.4 is 0 Å². The summed E-state index contributed by atoms with van der Waals surface area (Å²) in [6, 6.07) is 9.37. The predicted molar refractivity (Wildman–Crippen MR) is 70.9 cm³/mol. The second kappa shape index (κ2) is 6.72. The van der Waals surface area contributed by atoms with E-state index in [0.717, 1.165) is 5.56 Å². The molecule has 0 spiro atoms. The summed E-state index contributed by atoms with van der Waals surface area (Å²) in [7, 11) is -2.94. The molecule has 0 heterocycles. The first kappa shape index (κ1) is 14.9. The molecule has 0 N–H and O–H groups in total.